The van der Waals surface area contributed by atoms with Crippen LogP contribution in [-0.4, -0.2) is 33.3 Å². The quantitative estimate of drug-likeness (QED) is 0.545. The van der Waals surface area contributed by atoms with Crippen molar-refractivity contribution in [2.24, 2.45) is 5.10 Å². The van der Waals surface area contributed by atoms with E-state index in [2.05, 4.69) is 10.5 Å². The Balaban J connectivity index is 2.08. The van der Waals surface area contributed by atoms with Crippen LogP contribution in [0.15, 0.2) is 53.6 Å². The number of amides is 1. The number of hydrogen-bond acceptors (Lipinski definition) is 4. The van der Waals surface area contributed by atoms with Crippen LogP contribution < -0.4 is 9.73 Å². The lowest BCUT2D eigenvalue weighted by Gasteiger charge is -2.21. The molecule has 2 rings (SSSR count). The molecule has 0 aliphatic rings. The number of nitrogens with zero attached hydrogens (tertiary/aromatic N) is 2. The summed E-state index contributed by atoms with van der Waals surface area (Å²) in [6, 6.07) is 11.1. The number of halogens is 3. The normalized spacial score (nSPS) is 12.2. The van der Waals surface area contributed by atoms with Crippen LogP contribution in [0.5, 0.6) is 0 Å². The topological polar surface area (TPSA) is 78.8 Å². The zero-order chi connectivity index (χ0) is 21.7. The second-order valence-corrected chi connectivity index (χ2v) is 8.11. The van der Waals surface area contributed by atoms with E-state index in [1.165, 1.54) is 12.1 Å². The van der Waals surface area contributed by atoms with Crippen LogP contribution >= 0.6 is 0 Å². The molecule has 2 aromatic carbocycles. The summed E-state index contributed by atoms with van der Waals surface area (Å²) in [7, 11) is -3.74. The van der Waals surface area contributed by atoms with Crippen LogP contribution in [0.2, 0.25) is 0 Å². The number of benzene rings is 2. The molecule has 1 amide bonds. The zero-order valence-corrected chi connectivity index (χ0v) is 16.6. The lowest BCUT2D eigenvalue weighted by atomic mass is 10.1. The number of rotatable bonds is 7. The number of aryl methyl sites for hydroxylation is 1. The van der Waals surface area contributed by atoms with Crippen molar-refractivity contribution in [3.63, 3.8) is 0 Å². The van der Waals surface area contributed by atoms with E-state index in [9.17, 15) is 26.4 Å². The van der Waals surface area contributed by atoms with Crippen molar-refractivity contribution in [2.75, 3.05) is 17.1 Å². The second-order valence-electron chi connectivity index (χ2n) is 6.21. The third-order valence-corrected chi connectivity index (χ3v) is 5.08. The molecule has 0 aromatic heterocycles. The Morgan fingerprint density at radius 3 is 2.38 bits per heavy atom. The minimum atomic E-state index is -4.49. The summed E-state index contributed by atoms with van der Waals surface area (Å²) in [5.74, 6) is -0.738. The average Bonchev–Trinajstić information content (AvgIpc) is 2.65. The van der Waals surface area contributed by atoms with Crippen molar-refractivity contribution in [3.8, 4) is 0 Å². The molecular formula is C19H20F3N3O3S. The van der Waals surface area contributed by atoms with Gasteiger partial charge in [-0.05, 0) is 41.8 Å². The van der Waals surface area contributed by atoms with Crippen LogP contribution in [0.3, 0.4) is 0 Å². The standard InChI is InChI=1S/C19H20F3N3O3S/c1-3-14-7-9-17(10-8-14)25(29(2,27)28)13-18(26)24-23-12-15-5-4-6-16(11-15)19(20,21)22/h4-12H,3,13H2,1-2H3,(H,24,26)/b23-12-. The largest absolute Gasteiger partial charge is 0.416 e. The molecule has 0 fully saturated rings. The number of carbonyl (C=O) groups excluding carboxylic acids is 1. The first-order valence-corrected chi connectivity index (χ1v) is 10.4. The summed E-state index contributed by atoms with van der Waals surface area (Å²) >= 11 is 0. The van der Waals surface area contributed by atoms with Gasteiger partial charge in [0.25, 0.3) is 5.91 Å². The van der Waals surface area contributed by atoms with Crippen molar-refractivity contribution in [2.45, 2.75) is 19.5 Å². The van der Waals surface area contributed by atoms with E-state index in [-0.39, 0.29) is 5.56 Å². The molecular weight excluding hydrogens is 407 g/mol. The van der Waals surface area contributed by atoms with E-state index in [0.29, 0.717) is 5.69 Å². The SMILES string of the molecule is CCc1ccc(N(CC(=O)N/N=C\c2cccc(C(F)(F)F)c2)S(C)(=O)=O)cc1. The van der Waals surface area contributed by atoms with E-state index >= 15 is 0 Å². The highest BCUT2D eigenvalue weighted by molar-refractivity contribution is 7.92. The second kappa shape index (κ2) is 9.08. The molecule has 156 valence electrons. The van der Waals surface area contributed by atoms with Crippen molar-refractivity contribution in [3.05, 3.63) is 65.2 Å². The summed E-state index contributed by atoms with van der Waals surface area (Å²) in [6.45, 7) is 1.43. The summed E-state index contributed by atoms with van der Waals surface area (Å²) in [5.41, 5.74) is 2.75. The molecule has 0 atom stereocenters. The minimum Gasteiger partial charge on any atom is -0.271 e. The van der Waals surface area contributed by atoms with Gasteiger partial charge in [0.05, 0.1) is 23.7 Å². The number of anilines is 1. The number of hydrazone groups is 1. The van der Waals surface area contributed by atoms with Gasteiger partial charge < -0.3 is 0 Å². The van der Waals surface area contributed by atoms with Crippen LogP contribution in [0.1, 0.15) is 23.6 Å². The zero-order valence-electron chi connectivity index (χ0n) is 15.8. The highest BCUT2D eigenvalue weighted by Crippen LogP contribution is 2.29. The fourth-order valence-electron chi connectivity index (χ4n) is 2.44. The van der Waals surface area contributed by atoms with Gasteiger partial charge in [0.2, 0.25) is 10.0 Å². The Bertz CT molecular complexity index is 988. The van der Waals surface area contributed by atoms with Crippen LogP contribution in [0, 0.1) is 0 Å². The van der Waals surface area contributed by atoms with Crippen molar-refractivity contribution < 1.29 is 26.4 Å². The smallest absolute Gasteiger partial charge is 0.271 e. The third kappa shape index (κ3) is 6.60. The van der Waals surface area contributed by atoms with Gasteiger partial charge in [-0.1, -0.05) is 31.2 Å². The Labute approximate surface area is 167 Å². The lowest BCUT2D eigenvalue weighted by molar-refractivity contribution is -0.137. The number of hydrogen-bond donors (Lipinski definition) is 1. The van der Waals surface area contributed by atoms with Gasteiger partial charge in [-0.3, -0.25) is 9.10 Å². The predicted molar refractivity (Wildman–Crippen MR) is 105 cm³/mol. The fourth-order valence-corrected chi connectivity index (χ4v) is 3.29. The van der Waals surface area contributed by atoms with Gasteiger partial charge in [-0.25, -0.2) is 13.8 Å². The van der Waals surface area contributed by atoms with E-state index < -0.39 is 34.2 Å². The molecule has 0 heterocycles. The molecule has 1 N–H and O–H groups in total. The third-order valence-electron chi connectivity index (χ3n) is 3.94. The Morgan fingerprint density at radius 1 is 1.17 bits per heavy atom. The van der Waals surface area contributed by atoms with Crippen LogP contribution in [-0.2, 0) is 27.4 Å². The average molecular weight is 427 g/mol. The first-order valence-electron chi connectivity index (χ1n) is 8.56. The predicted octanol–water partition coefficient (Wildman–Crippen LogP) is 3.18. The van der Waals surface area contributed by atoms with Crippen molar-refractivity contribution in [1.29, 1.82) is 0 Å². The molecule has 6 nitrogen and oxygen atoms in total. The molecule has 0 spiro atoms. The molecule has 0 unspecified atom stereocenters. The van der Waals surface area contributed by atoms with E-state index in [1.54, 1.807) is 24.3 Å². The van der Waals surface area contributed by atoms with E-state index in [0.717, 1.165) is 40.9 Å². The molecule has 10 heteroatoms. The molecule has 0 aliphatic carbocycles. The summed E-state index contributed by atoms with van der Waals surface area (Å²) in [4.78, 5) is 12.1. The Hall–Kier alpha value is -2.88. The first kappa shape index (κ1) is 22.4. The minimum absolute atomic E-state index is 0.134. The van der Waals surface area contributed by atoms with Crippen LogP contribution in [0.25, 0.3) is 0 Å². The highest BCUT2D eigenvalue weighted by atomic mass is 32.2. The molecule has 0 aliphatic heterocycles. The molecule has 2 aromatic rings. The molecule has 0 saturated heterocycles. The summed E-state index contributed by atoms with van der Waals surface area (Å²) in [6.07, 6.45) is -1.69. The van der Waals surface area contributed by atoms with Crippen molar-refractivity contribution in [1.82, 2.24) is 5.43 Å². The van der Waals surface area contributed by atoms with Crippen molar-refractivity contribution >= 4 is 27.8 Å². The number of nitrogens with one attached hydrogen (secondary N) is 1. The van der Waals surface area contributed by atoms with Gasteiger partial charge in [0.1, 0.15) is 6.54 Å². The van der Waals surface area contributed by atoms with Gasteiger partial charge in [-0.15, -0.1) is 0 Å². The maximum absolute atomic E-state index is 12.7. The first-order chi connectivity index (χ1) is 13.5. The Kier molecular flexibility index (Phi) is 7.02. The lowest BCUT2D eigenvalue weighted by Crippen LogP contribution is -2.39. The monoisotopic (exact) mass is 427 g/mol. The highest BCUT2D eigenvalue weighted by Gasteiger charge is 2.30. The van der Waals surface area contributed by atoms with Crippen LogP contribution in [0.4, 0.5) is 18.9 Å². The maximum Gasteiger partial charge on any atom is 0.416 e. The molecule has 0 saturated carbocycles. The summed E-state index contributed by atoms with van der Waals surface area (Å²) < 4.78 is 63.1. The maximum atomic E-state index is 12.7. The molecule has 29 heavy (non-hydrogen) atoms. The van der Waals surface area contributed by atoms with E-state index in [1.807, 2.05) is 6.92 Å². The van der Waals surface area contributed by atoms with Gasteiger partial charge in [0.15, 0.2) is 0 Å². The molecule has 0 radical (unpaired) electrons. The summed E-state index contributed by atoms with van der Waals surface area (Å²) in [5, 5.41) is 3.61. The number of sulfonamides is 1. The van der Waals surface area contributed by atoms with E-state index in [4.69, 9.17) is 0 Å². The Morgan fingerprint density at radius 2 is 1.83 bits per heavy atom. The number of carbonyl (C=O) groups is 1. The fraction of sp³-hybridized carbons (Fsp3) is 0.263. The van der Waals surface area contributed by atoms with Gasteiger partial charge >= 0.3 is 6.18 Å². The van der Waals surface area contributed by atoms with Gasteiger partial charge in [0, 0.05) is 0 Å². The molecule has 0 bridgehead atoms. The number of alkyl halides is 3. The van der Waals surface area contributed by atoms with Gasteiger partial charge in [-0.2, -0.15) is 18.3 Å².